The topological polar surface area (TPSA) is 55.7 Å². The summed E-state index contributed by atoms with van der Waals surface area (Å²) in [4.78, 5) is 4.84. The third-order valence-corrected chi connectivity index (χ3v) is 4.46. The lowest BCUT2D eigenvalue weighted by Gasteiger charge is -2.14. The molecule has 0 amide bonds. The molecule has 110 valence electrons. The number of benzene rings is 1. The van der Waals surface area contributed by atoms with E-state index in [-0.39, 0.29) is 6.42 Å². The van der Waals surface area contributed by atoms with Crippen molar-refractivity contribution in [1.82, 2.24) is 0 Å². The van der Waals surface area contributed by atoms with E-state index >= 15 is 0 Å². The molecular formula is C12H12F3NO3S. The third-order valence-electron chi connectivity index (χ3n) is 2.80. The summed E-state index contributed by atoms with van der Waals surface area (Å²) in [6.45, 7) is 3.13. The second-order valence-corrected chi connectivity index (χ2v) is 6.98. The summed E-state index contributed by atoms with van der Waals surface area (Å²) in [7, 11) is -4.63. The summed E-state index contributed by atoms with van der Waals surface area (Å²) < 4.78 is 65.1. The highest BCUT2D eigenvalue weighted by atomic mass is 32.2. The highest BCUT2D eigenvalue weighted by molar-refractivity contribution is 8.06. The van der Waals surface area contributed by atoms with Gasteiger partial charge in [-0.15, -0.1) is 0 Å². The average molecular weight is 307 g/mol. The third kappa shape index (κ3) is 2.52. The van der Waals surface area contributed by atoms with Crippen LogP contribution in [0.5, 0.6) is 0 Å². The predicted octanol–water partition coefficient (Wildman–Crippen LogP) is 2.86. The molecule has 0 bridgehead atoms. The lowest BCUT2D eigenvalue weighted by Crippen LogP contribution is -2.25. The van der Waals surface area contributed by atoms with Crippen molar-refractivity contribution in [3.8, 4) is 0 Å². The molecule has 4 nitrogen and oxygen atoms in total. The van der Waals surface area contributed by atoms with Crippen molar-refractivity contribution in [3.63, 3.8) is 0 Å². The minimum atomic E-state index is -4.63. The lowest BCUT2D eigenvalue weighted by molar-refractivity contribution is 0.0123. The van der Waals surface area contributed by atoms with E-state index in [1.54, 1.807) is 13.8 Å². The molecule has 0 N–H and O–H groups in total. The molecule has 0 aromatic heterocycles. The van der Waals surface area contributed by atoms with Gasteiger partial charge in [0.15, 0.2) is 5.04 Å². The highest BCUT2D eigenvalue weighted by Crippen LogP contribution is 2.34. The van der Waals surface area contributed by atoms with Crippen LogP contribution in [0, 0.1) is 11.6 Å². The number of oxime groups is 1. The summed E-state index contributed by atoms with van der Waals surface area (Å²) >= 11 is 0. The van der Waals surface area contributed by atoms with E-state index in [0.29, 0.717) is 0 Å². The predicted molar refractivity (Wildman–Crippen MR) is 66.3 cm³/mol. The molecule has 2 rings (SSSR count). The van der Waals surface area contributed by atoms with Crippen molar-refractivity contribution in [2.45, 2.75) is 31.4 Å². The van der Waals surface area contributed by atoms with Gasteiger partial charge in [0.2, 0.25) is 15.3 Å². The van der Waals surface area contributed by atoms with Crippen LogP contribution < -0.4 is 0 Å². The first-order chi connectivity index (χ1) is 9.15. The minimum absolute atomic E-state index is 0.161. The number of hydrogen-bond acceptors (Lipinski definition) is 4. The molecule has 8 heteroatoms. The molecule has 0 radical (unpaired) electrons. The van der Waals surface area contributed by atoms with E-state index in [0.717, 1.165) is 18.2 Å². The van der Waals surface area contributed by atoms with Gasteiger partial charge in [0, 0.05) is 6.42 Å². The van der Waals surface area contributed by atoms with Crippen molar-refractivity contribution in [1.29, 1.82) is 0 Å². The monoisotopic (exact) mass is 307 g/mol. The van der Waals surface area contributed by atoms with E-state index in [2.05, 4.69) is 5.16 Å². The SMILES string of the molecule is CC1(C)CC(S(=O)(=O)C(F)c2c(F)cccc2F)=NO1. The zero-order valence-corrected chi connectivity index (χ0v) is 11.5. The summed E-state index contributed by atoms with van der Waals surface area (Å²) in [5, 5.41) is 2.75. The summed E-state index contributed by atoms with van der Waals surface area (Å²) in [6, 6.07) is 2.60. The lowest BCUT2D eigenvalue weighted by atomic mass is 10.1. The fraction of sp³-hybridized carbons (Fsp3) is 0.417. The van der Waals surface area contributed by atoms with Crippen molar-refractivity contribution in [2.75, 3.05) is 0 Å². The van der Waals surface area contributed by atoms with Gasteiger partial charge >= 0.3 is 0 Å². The second kappa shape index (κ2) is 4.76. The zero-order valence-electron chi connectivity index (χ0n) is 10.7. The van der Waals surface area contributed by atoms with Crippen LogP contribution >= 0.6 is 0 Å². The highest BCUT2D eigenvalue weighted by Gasteiger charge is 2.42. The van der Waals surface area contributed by atoms with E-state index < -0.39 is 43.2 Å². The molecule has 1 aliphatic heterocycles. The van der Waals surface area contributed by atoms with Crippen LogP contribution in [0.3, 0.4) is 0 Å². The Balaban J connectivity index is 2.41. The molecule has 20 heavy (non-hydrogen) atoms. The van der Waals surface area contributed by atoms with E-state index in [9.17, 15) is 21.6 Å². The number of sulfone groups is 1. The Morgan fingerprint density at radius 1 is 1.30 bits per heavy atom. The first kappa shape index (κ1) is 14.8. The van der Waals surface area contributed by atoms with Gasteiger partial charge in [-0.25, -0.2) is 21.6 Å². The van der Waals surface area contributed by atoms with Crippen LogP contribution in [0.2, 0.25) is 0 Å². The molecule has 0 aliphatic carbocycles. The van der Waals surface area contributed by atoms with Gasteiger partial charge in [0.25, 0.3) is 0 Å². The van der Waals surface area contributed by atoms with Crippen LogP contribution in [0.4, 0.5) is 13.2 Å². The Hall–Kier alpha value is -1.57. The fourth-order valence-corrected chi connectivity index (χ4v) is 3.22. The Kier molecular flexibility index (Phi) is 3.53. The van der Waals surface area contributed by atoms with Crippen molar-refractivity contribution in [2.24, 2.45) is 5.16 Å². The maximum Gasteiger partial charge on any atom is 0.237 e. The Morgan fingerprint density at radius 3 is 2.30 bits per heavy atom. The normalized spacial score (nSPS) is 19.4. The van der Waals surface area contributed by atoms with Crippen LogP contribution in [0.1, 0.15) is 31.3 Å². The fourth-order valence-electron chi connectivity index (χ4n) is 1.76. The van der Waals surface area contributed by atoms with Gasteiger partial charge in [-0.2, -0.15) is 0 Å². The number of alkyl halides is 1. The van der Waals surface area contributed by atoms with E-state index in [4.69, 9.17) is 4.84 Å². The van der Waals surface area contributed by atoms with Gasteiger partial charge in [0.1, 0.15) is 17.2 Å². The largest absolute Gasteiger partial charge is 0.389 e. The van der Waals surface area contributed by atoms with Gasteiger partial charge in [-0.3, -0.25) is 0 Å². The number of nitrogens with zero attached hydrogens (tertiary/aromatic N) is 1. The Labute approximate surface area is 114 Å². The maximum absolute atomic E-state index is 14.1. The molecule has 1 aromatic carbocycles. The molecule has 1 unspecified atom stereocenters. The van der Waals surface area contributed by atoms with Gasteiger partial charge in [-0.05, 0) is 26.0 Å². The summed E-state index contributed by atoms with van der Waals surface area (Å²) in [6.07, 6.45) is -0.161. The van der Waals surface area contributed by atoms with Crippen LogP contribution in [-0.4, -0.2) is 19.1 Å². The molecule has 1 atom stereocenters. The molecule has 1 aliphatic rings. The minimum Gasteiger partial charge on any atom is -0.389 e. The number of rotatable bonds is 2. The number of halogens is 3. The Morgan fingerprint density at radius 2 is 1.85 bits per heavy atom. The molecule has 0 spiro atoms. The smallest absolute Gasteiger partial charge is 0.237 e. The van der Waals surface area contributed by atoms with E-state index in [1.807, 2.05) is 0 Å². The second-order valence-electron chi connectivity index (χ2n) is 5.01. The van der Waals surface area contributed by atoms with Gasteiger partial charge in [0.05, 0.1) is 5.56 Å². The standard InChI is InChI=1S/C12H12F3NO3S/c1-12(2)6-9(16-19-12)20(17,18)11(15)10-7(13)4-3-5-8(10)14/h3-5,11H,6H2,1-2H3. The molecular weight excluding hydrogens is 295 g/mol. The van der Waals surface area contributed by atoms with Crippen molar-refractivity contribution >= 4 is 14.9 Å². The van der Waals surface area contributed by atoms with Crippen LogP contribution in [-0.2, 0) is 14.7 Å². The molecule has 0 fully saturated rings. The molecule has 0 saturated heterocycles. The van der Waals surface area contributed by atoms with Crippen LogP contribution in [0.25, 0.3) is 0 Å². The van der Waals surface area contributed by atoms with Gasteiger partial charge < -0.3 is 4.84 Å². The zero-order chi connectivity index (χ0) is 15.1. The molecule has 1 aromatic rings. The number of hydrogen-bond donors (Lipinski definition) is 0. The van der Waals surface area contributed by atoms with Gasteiger partial charge in [-0.1, -0.05) is 11.2 Å². The van der Waals surface area contributed by atoms with E-state index in [1.165, 1.54) is 0 Å². The maximum atomic E-state index is 14.1. The van der Waals surface area contributed by atoms with Crippen LogP contribution in [0.15, 0.2) is 23.4 Å². The first-order valence-electron chi connectivity index (χ1n) is 5.72. The average Bonchev–Trinajstić information content (AvgIpc) is 2.70. The Bertz CT molecular complexity index is 650. The molecule has 0 saturated carbocycles. The summed E-state index contributed by atoms with van der Waals surface area (Å²) in [5.74, 6) is -2.53. The quantitative estimate of drug-likeness (QED) is 0.844. The first-order valence-corrected chi connectivity index (χ1v) is 7.27. The van der Waals surface area contributed by atoms with Crippen molar-refractivity contribution in [3.05, 3.63) is 35.4 Å². The summed E-state index contributed by atoms with van der Waals surface area (Å²) in [5.41, 5.74) is -4.89. The van der Waals surface area contributed by atoms with Crippen molar-refractivity contribution < 1.29 is 26.4 Å². The molecule has 1 heterocycles.